The zero-order valence-corrected chi connectivity index (χ0v) is 15.7. The fraction of sp³-hybridized carbons (Fsp3) is 0.444. The fourth-order valence-corrected chi connectivity index (χ4v) is 4.11. The minimum Gasteiger partial charge on any atom is -0.465 e. The van der Waals surface area contributed by atoms with E-state index in [2.05, 4.69) is 39.0 Å². The number of nitrogens with zero attached hydrogens (tertiary/aromatic N) is 3. The first-order valence-corrected chi connectivity index (χ1v) is 9.81. The van der Waals surface area contributed by atoms with Crippen molar-refractivity contribution in [1.29, 1.82) is 0 Å². The van der Waals surface area contributed by atoms with Crippen molar-refractivity contribution in [2.45, 2.75) is 31.8 Å². The molecule has 1 saturated heterocycles. The summed E-state index contributed by atoms with van der Waals surface area (Å²) >= 11 is 1.59. The highest BCUT2D eigenvalue weighted by atomic mass is 32.1. The van der Waals surface area contributed by atoms with Crippen LogP contribution in [0.1, 0.15) is 25.3 Å². The topological polar surface area (TPSA) is 109 Å². The Bertz CT molecular complexity index is 910. The van der Waals surface area contributed by atoms with Gasteiger partial charge >= 0.3 is 6.09 Å². The molecule has 3 N–H and O–H groups in total. The first-order valence-electron chi connectivity index (χ1n) is 8.93. The van der Waals surface area contributed by atoms with Crippen LogP contribution in [0.2, 0.25) is 0 Å². The quantitative estimate of drug-likeness (QED) is 0.744. The highest BCUT2D eigenvalue weighted by Crippen LogP contribution is 2.32. The van der Waals surface area contributed by atoms with Gasteiger partial charge in [0.05, 0.1) is 40.8 Å². The van der Waals surface area contributed by atoms with Gasteiger partial charge in [0, 0.05) is 23.8 Å². The van der Waals surface area contributed by atoms with Crippen LogP contribution in [0.25, 0.3) is 15.9 Å². The lowest BCUT2D eigenvalue weighted by Gasteiger charge is -2.31. The Hall–Kier alpha value is -2.52. The molecule has 2 aliphatic heterocycles. The molecule has 0 spiro atoms. The number of amides is 1. The Morgan fingerprint density at radius 2 is 2.30 bits per heavy atom. The number of anilines is 1. The van der Waals surface area contributed by atoms with Crippen LogP contribution in [0.5, 0.6) is 0 Å². The third-order valence-corrected chi connectivity index (χ3v) is 5.63. The van der Waals surface area contributed by atoms with Gasteiger partial charge in [0.2, 0.25) is 5.95 Å². The lowest BCUT2D eigenvalue weighted by molar-refractivity contribution is 0.0625. The van der Waals surface area contributed by atoms with E-state index in [4.69, 9.17) is 14.8 Å². The molecule has 0 aromatic carbocycles. The molecule has 2 aromatic rings. The van der Waals surface area contributed by atoms with Crippen LogP contribution in [-0.4, -0.2) is 52.7 Å². The fourth-order valence-electron chi connectivity index (χ4n) is 3.25. The predicted octanol–water partition coefficient (Wildman–Crippen LogP) is 2.98. The summed E-state index contributed by atoms with van der Waals surface area (Å²) in [4.78, 5) is 24.7. The van der Waals surface area contributed by atoms with Crippen molar-refractivity contribution in [2.75, 3.05) is 18.5 Å². The molecule has 9 heteroatoms. The molecule has 8 nitrogen and oxygen atoms in total. The van der Waals surface area contributed by atoms with Crippen molar-refractivity contribution < 1.29 is 14.6 Å². The molecule has 0 aliphatic carbocycles. The minimum absolute atomic E-state index is 0.123. The lowest BCUT2D eigenvalue weighted by atomic mass is 10.0. The summed E-state index contributed by atoms with van der Waals surface area (Å²) in [6, 6.07) is -0.466. The van der Waals surface area contributed by atoms with Crippen LogP contribution in [0.4, 0.5) is 10.7 Å². The van der Waals surface area contributed by atoms with E-state index in [0.717, 1.165) is 27.9 Å². The van der Waals surface area contributed by atoms with Gasteiger partial charge in [0.1, 0.15) is 0 Å². The largest absolute Gasteiger partial charge is 0.465 e. The number of fused-ring (bicyclic) bond motifs is 1. The number of hydrogen-bond acceptors (Lipinski definition) is 7. The van der Waals surface area contributed by atoms with Gasteiger partial charge in [-0.1, -0.05) is 13.0 Å². The average Bonchev–Trinajstić information content (AvgIpc) is 3.07. The van der Waals surface area contributed by atoms with Gasteiger partial charge in [0.25, 0.3) is 0 Å². The molecule has 4 heterocycles. The van der Waals surface area contributed by atoms with Crippen molar-refractivity contribution in [3.05, 3.63) is 23.2 Å². The van der Waals surface area contributed by atoms with Gasteiger partial charge < -0.3 is 20.5 Å². The molecule has 4 rings (SSSR count). The molecular formula is C18H21N5O3S. The van der Waals surface area contributed by atoms with E-state index in [1.54, 1.807) is 17.5 Å². The number of aliphatic imine (C=N–C) groups is 1. The highest BCUT2D eigenvalue weighted by Gasteiger charge is 2.28. The van der Waals surface area contributed by atoms with Crippen molar-refractivity contribution in [3.63, 3.8) is 0 Å². The summed E-state index contributed by atoms with van der Waals surface area (Å²) in [5.74, 6) is 0.942. The SMILES string of the molecule is CC1C=NC(c2csc3cnc(N[C@@H]4CCOC[C@@H]4NC(=O)O)nc23)=CC1. The first-order chi connectivity index (χ1) is 13.1. The summed E-state index contributed by atoms with van der Waals surface area (Å²) in [5.41, 5.74) is 2.82. The number of hydrogen-bond donors (Lipinski definition) is 3. The van der Waals surface area contributed by atoms with Gasteiger partial charge in [-0.3, -0.25) is 4.99 Å². The Labute approximate surface area is 160 Å². The Morgan fingerprint density at radius 3 is 3.07 bits per heavy atom. The highest BCUT2D eigenvalue weighted by molar-refractivity contribution is 7.17. The number of ether oxygens (including phenoxy) is 1. The van der Waals surface area contributed by atoms with E-state index in [-0.39, 0.29) is 12.1 Å². The second kappa shape index (κ2) is 7.61. The van der Waals surface area contributed by atoms with E-state index in [1.807, 2.05) is 6.21 Å². The average molecular weight is 387 g/mol. The Balaban J connectivity index is 1.58. The second-order valence-electron chi connectivity index (χ2n) is 6.81. The van der Waals surface area contributed by atoms with E-state index >= 15 is 0 Å². The second-order valence-corrected chi connectivity index (χ2v) is 7.72. The molecule has 27 heavy (non-hydrogen) atoms. The van der Waals surface area contributed by atoms with Gasteiger partial charge in [-0.05, 0) is 18.8 Å². The molecule has 0 radical (unpaired) electrons. The van der Waals surface area contributed by atoms with E-state index in [1.165, 1.54) is 0 Å². The van der Waals surface area contributed by atoms with Gasteiger partial charge in [-0.15, -0.1) is 11.3 Å². The maximum Gasteiger partial charge on any atom is 0.405 e. The number of nitrogens with one attached hydrogen (secondary N) is 2. The molecule has 2 aromatic heterocycles. The van der Waals surface area contributed by atoms with E-state index in [0.29, 0.717) is 31.5 Å². The molecule has 1 amide bonds. The number of rotatable bonds is 4. The Morgan fingerprint density at radius 1 is 1.41 bits per heavy atom. The summed E-state index contributed by atoms with van der Waals surface area (Å²) in [7, 11) is 0. The minimum atomic E-state index is -1.06. The van der Waals surface area contributed by atoms with E-state index in [9.17, 15) is 4.79 Å². The van der Waals surface area contributed by atoms with Crippen LogP contribution in [0.3, 0.4) is 0 Å². The molecule has 1 unspecified atom stereocenters. The summed E-state index contributed by atoms with van der Waals surface area (Å²) in [5, 5.41) is 16.9. The zero-order chi connectivity index (χ0) is 18.8. The van der Waals surface area contributed by atoms with E-state index < -0.39 is 6.09 Å². The molecule has 142 valence electrons. The van der Waals surface area contributed by atoms with Crippen molar-refractivity contribution in [1.82, 2.24) is 15.3 Å². The molecular weight excluding hydrogens is 366 g/mol. The third kappa shape index (κ3) is 3.93. The van der Waals surface area contributed by atoms with Crippen LogP contribution >= 0.6 is 11.3 Å². The van der Waals surface area contributed by atoms with Gasteiger partial charge in [-0.2, -0.15) is 0 Å². The molecule has 3 atom stereocenters. The van der Waals surface area contributed by atoms with Crippen molar-refractivity contribution in [3.8, 4) is 0 Å². The predicted molar refractivity (Wildman–Crippen MR) is 105 cm³/mol. The summed E-state index contributed by atoms with van der Waals surface area (Å²) in [6.45, 7) is 3.04. The summed E-state index contributed by atoms with van der Waals surface area (Å²) < 4.78 is 6.39. The lowest BCUT2D eigenvalue weighted by Crippen LogP contribution is -2.52. The molecule has 2 aliphatic rings. The normalized spacial score (nSPS) is 25.2. The van der Waals surface area contributed by atoms with Crippen LogP contribution in [0, 0.1) is 5.92 Å². The number of thiophene rings is 1. The van der Waals surface area contributed by atoms with Crippen molar-refractivity contribution >= 4 is 45.5 Å². The number of aromatic nitrogens is 2. The molecule has 0 bridgehead atoms. The standard InChI is InChI=1S/C18H21N5O3S/c1-10-2-3-12(19-6-10)11-9-27-15-7-20-17(23-16(11)15)21-13-4-5-26-8-14(13)22-18(24)25/h3,6-7,9-10,13-14,22H,2,4-5,8H2,1H3,(H,24,25)(H,20,21,23)/t10?,13-,14+/m1/s1. The number of carbonyl (C=O) groups is 1. The number of allylic oxidation sites excluding steroid dienone is 1. The zero-order valence-electron chi connectivity index (χ0n) is 14.9. The monoisotopic (exact) mass is 387 g/mol. The maximum absolute atomic E-state index is 11.0. The van der Waals surface area contributed by atoms with Crippen LogP contribution in [-0.2, 0) is 4.74 Å². The summed E-state index contributed by atoms with van der Waals surface area (Å²) in [6.07, 6.45) is 6.50. The molecule has 0 saturated carbocycles. The first kappa shape index (κ1) is 17.9. The smallest absolute Gasteiger partial charge is 0.405 e. The van der Waals surface area contributed by atoms with Gasteiger partial charge in [-0.25, -0.2) is 14.8 Å². The van der Waals surface area contributed by atoms with Crippen LogP contribution in [0.15, 0.2) is 22.6 Å². The van der Waals surface area contributed by atoms with Gasteiger partial charge in [0.15, 0.2) is 0 Å². The third-order valence-electron chi connectivity index (χ3n) is 4.72. The van der Waals surface area contributed by atoms with Crippen LogP contribution < -0.4 is 10.6 Å². The van der Waals surface area contributed by atoms with Crippen molar-refractivity contribution in [2.24, 2.45) is 10.9 Å². The number of carboxylic acid groups (broad SMARTS) is 1. The molecule has 1 fully saturated rings. The maximum atomic E-state index is 11.0. The Kier molecular flexibility index (Phi) is 5.04.